The van der Waals surface area contributed by atoms with Gasteiger partial charge in [0, 0.05) is 13.7 Å². The number of ether oxygens (including phenoxy) is 2. The van der Waals surface area contributed by atoms with E-state index >= 15 is 0 Å². The molecule has 1 atom stereocenters. The Labute approximate surface area is 114 Å². The normalized spacial score (nSPS) is 25.6. The molecule has 108 valence electrons. The van der Waals surface area contributed by atoms with Gasteiger partial charge in [-0.25, -0.2) is 4.79 Å². The van der Waals surface area contributed by atoms with Gasteiger partial charge in [-0.3, -0.25) is 4.79 Å². The number of rotatable bonds is 4. The van der Waals surface area contributed by atoms with Crippen LogP contribution in [0.1, 0.15) is 44.9 Å². The molecular weight excluding hydrogens is 246 g/mol. The molecule has 1 saturated carbocycles. The number of likely N-dealkylation sites (tertiary alicyclic amines) is 1. The molecule has 1 amide bonds. The first-order valence-corrected chi connectivity index (χ1v) is 7.04. The molecule has 1 heterocycles. The molecule has 0 aromatic heterocycles. The lowest BCUT2D eigenvalue weighted by Crippen LogP contribution is -2.52. The van der Waals surface area contributed by atoms with Crippen LogP contribution in [0.25, 0.3) is 0 Å². The molecule has 19 heavy (non-hydrogen) atoms. The van der Waals surface area contributed by atoms with Crippen LogP contribution in [0.4, 0.5) is 0 Å². The summed E-state index contributed by atoms with van der Waals surface area (Å²) in [4.78, 5) is 25.9. The number of carbonyl (C=O) groups excluding carboxylic acids is 2. The van der Waals surface area contributed by atoms with Crippen LogP contribution in [0.2, 0.25) is 0 Å². The van der Waals surface area contributed by atoms with Gasteiger partial charge in [-0.1, -0.05) is 0 Å². The van der Waals surface area contributed by atoms with E-state index in [0.29, 0.717) is 19.4 Å². The smallest absolute Gasteiger partial charge is 0.328 e. The molecule has 0 bridgehead atoms. The number of amides is 1. The van der Waals surface area contributed by atoms with Crippen molar-refractivity contribution in [2.24, 2.45) is 0 Å². The molecule has 0 spiro atoms. The van der Waals surface area contributed by atoms with Crippen molar-refractivity contribution in [3.63, 3.8) is 0 Å². The van der Waals surface area contributed by atoms with Crippen LogP contribution in [0.5, 0.6) is 0 Å². The molecule has 5 heteroatoms. The molecule has 1 saturated heterocycles. The molecule has 2 rings (SSSR count). The van der Waals surface area contributed by atoms with E-state index in [-0.39, 0.29) is 17.5 Å². The van der Waals surface area contributed by atoms with Crippen LogP contribution in [-0.4, -0.2) is 49.2 Å². The zero-order chi connectivity index (χ0) is 13.9. The van der Waals surface area contributed by atoms with Crippen molar-refractivity contribution >= 4 is 11.9 Å². The van der Waals surface area contributed by atoms with Gasteiger partial charge in [0.25, 0.3) is 0 Å². The molecule has 1 aliphatic heterocycles. The molecule has 0 N–H and O–H groups in total. The van der Waals surface area contributed by atoms with Crippen LogP contribution in [0.15, 0.2) is 0 Å². The van der Waals surface area contributed by atoms with E-state index in [1.165, 1.54) is 7.11 Å². The lowest BCUT2D eigenvalue weighted by molar-refractivity contribution is -0.159. The topological polar surface area (TPSA) is 55.8 Å². The third kappa shape index (κ3) is 2.91. The minimum absolute atomic E-state index is 0.0247. The standard InChI is InChI=1S/C14H23NO4/c1-18-13(17)11-6-3-4-9-15(11)12(16)10-14(19-2)7-5-8-14/h11H,3-10H2,1-2H3. The maximum Gasteiger partial charge on any atom is 0.328 e. The zero-order valence-corrected chi connectivity index (χ0v) is 11.8. The predicted octanol–water partition coefficient (Wildman–Crippen LogP) is 1.50. The third-order valence-electron chi connectivity index (χ3n) is 4.47. The zero-order valence-electron chi connectivity index (χ0n) is 11.8. The van der Waals surface area contributed by atoms with E-state index in [4.69, 9.17) is 9.47 Å². The predicted molar refractivity (Wildman–Crippen MR) is 69.6 cm³/mol. The first-order chi connectivity index (χ1) is 9.12. The van der Waals surface area contributed by atoms with Gasteiger partial charge in [0.2, 0.25) is 5.91 Å². The maximum atomic E-state index is 12.4. The Morgan fingerprint density at radius 2 is 1.95 bits per heavy atom. The van der Waals surface area contributed by atoms with E-state index in [2.05, 4.69) is 0 Å². The van der Waals surface area contributed by atoms with Crippen LogP contribution in [-0.2, 0) is 19.1 Å². The molecular formula is C14H23NO4. The van der Waals surface area contributed by atoms with Crippen LogP contribution < -0.4 is 0 Å². The molecule has 0 radical (unpaired) electrons. The lowest BCUT2D eigenvalue weighted by Gasteiger charge is -2.42. The highest BCUT2D eigenvalue weighted by Gasteiger charge is 2.42. The van der Waals surface area contributed by atoms with E-state index in [1.807, 2.05) is 0 Å². The molecule has 5 nitrogen and oxygen atoms in total. The number of nitrogens with zero attached hydrogens (tertiary/aromatic N) is 1. The van der Waals surface area contributed by atoms with Crippen molar-refractivity contribution in [3.05, 3.63) is 0 Å². The third-order valence-corrected chi connectivity index (χ3v) is 4.47. The van der Waals surface area contributed by atoms with Crippen molar-refractivity contribution in [1.82, 2.24) is 4.90 Å². The number of esters is 1. The van der Waals surface area contributed by atoms with Gasteiger partial charge >= 0.3 is 5.97 Å². The van der Waals surface area contributed by atoms with Crippen LogP contribution in [0, 0.1) is 0 Å². The summed E-state index contributed by atoms with van der Waals surface area (Å²) in [5.74, 6) is -0.273. The van der Waals surface area contributed by atoms with Gasteiger partial charge in [-0.15, -0.1) is 0 Å². The van der Waals surface area contributed by atoms with Crippen LogP contribution >= 0.6 is 0 Å². The summed E-state index contributed by atoms with van der Waals surface area (Å²) in [5, 5.41) is 0. The second-order valence-corrected chi connectivity index (χ2v) is 5.54. The van der Waals surface area contributed by atoms with Gasteiger partial charge in [-0.2, -0.15) is 0 Å². The van der Waals surface area contributed by atoms with Crippen molar-refractivity contribution in [2.75, 3.05) is 20.8 Å². The van der Waals surface area contributed by atoms with Crippen molar-refractivity contribution in [3.8, 4) is 0 Å². The van der Waals surface area contributed by atoms with Gasteiger partial charge in [0.1, 0.15) is 6.04 Å². The summed E-state index contributed by atoms with van der Waals surface area (Å²) in [6.07, 6.45) is 6.01. The number of hydrogen-bond donors (Lipinski definition) is 0. The molecule has 0 aromatic rings. The minimum Gasteiger partial charge on any atom is -0.467 e. The second-order valence-electron chi connectivity index (χ2n) is 5.54. The fraction of sp³-hybridized carbons (Fsp3) is 0.857. The van der Waals surface area contributed by atoms with Gasteiger partial charge < -0.3 is 14.4 Å². The van der Waals surface area contributed by atoms with Crippen molar-refractivity contribution in [2.45, 2.75) is 56.6 Å². The summed E-state index contributed by atoms with van der Waals surface area (Å²) in [6.45, 7) is 0.651. The van der Waals surface area contributed by atoms with E-state index in [1.54, 1.807) is 12.0 Å². The largest absolute Gasteiger partial charge is 0.467 e. The number of piperidine rings is 1. The first-order valence-electron chi connectivity index (χ1n) is 7.04. The number of methoxy groups -OCH3 is 2. The Morgan fingerprint density at radius 3 is 2.47 bits per heavy atom. The van der Waals surface area contributed by atoms with E-state index < -0.39 is 6.04 Å². The Morgan fingerprint density at radius 1 is 1.21 bits per heavy atom. The van der Waals surface area contributed by atoms with E-state index in [0.717, 1.165) is 32.1 Å². The van der Waals surface area contributed by atoms with Crippen molar-refractivity contribution < 1.29 is 19.1 Å². The summed E-state index contributed by atoms with van der Waals surface area (Å²) < 4.78 is 10.3. The Balaban J connectivity index is 2.01. The Kier molecular flexibility index (Phi) is 4.45. The van der Waals surface area contributed by atoms with E-state index in [9.17, 15) is 9.59 Å². The summed E-state index contributed by atoms with van der Waals surface area (Å²) in [6, 6.07) is -0.403. The minimum atomic E-state index is -0.403. The number of carbonyl (C=O) groups is 2. The van der Waals surface area contributed by atoms with Gasteiger partial charge in [-0.05, 0) is 38.5 Å². The fourth-order valence-corrected chi connectivity index (χ4v) is 3.01. The van der Waals surface area contributed by atoms with Gasteiger partial charge in [0.15, 0.2) is 0 Å². The fourth-order valence-electron chi connectivity index (χ4n) is 3.01. The molecule has 1 aliphatic carbocycles. The number of hydrogen-bond acceptors (Lipinski definition) is 4. The second kappa shape index (κ2) is 5.90. The molecule has 2 fully saturated rings. The average Bonchev–Trinajstić information content (AvgIpc) is 2.41. The maximum absolute atomic E-state index is 12.4. The van der Waals surface area contributed by atoms with Crippen molar-refractivity contribution in [1.29, 1.82) is 0 Å². The summed E-state index contributed by atoms with van der Waals surface area (Å²) >= 11 is 0. The summed E-state index contributed by atoms with van der Waals surface area (Å²) in [5.41, 5.74) is -0.283. The van der Waals surface area contributed by atoms with Crippen LogP contribution in [0.3, 0.4) is 0 Å². The molecule has 0 aromatic carbocycles. The van der Waals surface area contributed by atoms with Gasteiger partial charge in [0.05, 0.1) is 19.1 Å². The Bertz CT molecular complexity index is 346. The highest BCUT2D eigenvalue weighted by Crippen LogP contribution is 2.38. The highest BCUT2D eigenvalue weighted by atomic mass is 16.5. The average molecular weight is 269 g/mol. The Hall–Kier alpha value is -1.10. The highest BCUT2D eigenvalue weighted by molar-refractivity contribution is 5.85. The SMILES string of the molecule is COC(=O)C1CCCCN1C(=O)CC1(OC)CCC1. The lowest BCUT2D eigenvalue weighted by atomic mass is 9.77. The monoisotopic (exact) mass is 269 g/mol. The quantitative estimate of drug-likeness (QED) is 0.726. The summed E-state index contributed by atoms with van der Waals surface area (Å²) in [7, 11) is 3.04. The molecule has 2 aliphatic rings. The molecule has 1 unspecified atom stereocenters. The first kappa shape index (κ1) is 14.3.